The Hall–Kier alpha value is -0.610. The van der Waals surface area contributed by atoms with Crippen LogP contribution in [0.25, 0.3) is 0 Å². The number of nitrogens with one attached hydrogen (secondary N) is 1. The van der Waals surface area contributed by atoms with E-state index in [-0.39, 0.29) is 18.0 Å². The number of aliphatic hydroxyl groups excluding tert-OH is 1. The first-order chi connectivity index (χ1) is 6.59. The molecule has 80 valence electrons. The summed E-state index contributed by atoms with van der Waals surface area (Å²) in [4.78, 5) is 2.33. The first-order valence-electron chi connectivity index (χ1n) is 5.39. The smallest absolute Gasteiger partial charge is 0.108 e. The van der Waals surface area contributed by atoms with Crippen LogP contribution in [0, 0.1) is 5.41 Å². The minimum Gasteiger partial charge on any atom is -0.393 e. The highest BCUT2D eigenvalue weighted by Gasteiger charge is 2.42. The molecule has 2 rings (SSSR count). The van der Waals surface area contributed by atoms with E-state index in [0.29, 0.717) is 12.1 Å². The van der Waals surface area contributed by atoms with Gasteiger partial charge in [-0.25, -0.2) is 0 Å². The predicted octanol–water partition coefficient (Wildman–Crippen LogP) is 0.299. The minimum atomic E-state index is -0.136. The van der Waals surface area contributed by atoms with Crippen LogP contribution in [0.3, 0.4) is 0 Å². The number of amidine groups is 1. The zero-order valence-corrected chi connectivity index (χ0v) is 8.61. The lowest BCUT2D eigenvalue weighted by atomic mass is 9.98. The van der Waals surface area contributed by atoms with E-state index < -0.39 is 0 Å². The van der Waals surface area contributed by atoms with Gasteiger partial charge in [0.15, 0.2) is 0 Å². The van der Waals surface area contributed by atoms with E-state index in [0.717, 1.165) is 25.7 Å². The Balaban J connectivity index is 2.11. The monoisotopic (exact) mass is 197 g/mol. The molecular weight excluding hydrogens is 178 g/mol. The van der Waals surface area contributed by atoms with Crippen LogP contribution >= 0.6 is 0 Å². The second kappa shape index (κ2) is 3.51. The van der Waals surface area contributed by atoms with Crippen LogP contribution in [0.1, 0.15) is 32.6 Å². The number of hydrogen-bond acceptors (Lipinski definition) is 3. The standard InChI is InChI=1S/C10H19N3O/c1-6(10(11)12)13-7-2-3-8(13)5-9(14)4-7/h6-9,14H,2-5H2,1H3,(H3,11,12). The molecule has 2 fully saturated rings. The topological polar surface area (TPSA) is 73.3 Å². The number of fused-ring (bicyclic) bond motifs is 2. The van der Waals surface area contributed by atoms with Crippen LogP contribution in [-0.4, -0.2) is 40.1 Å². The van der Waals surface area contributed by atoms with E-state index in [1.165, 1.54) is 0 Å². The van der Waals surface area contributed by atoms with Crippen LogP contribution in [0.15, 0.2) is 0 Å². The summed E-state index contributed by atoms with van der Waals surface area (Å²) in [6, 6.07) is 0.935. The number of nitrogens with zero attached hydrogens (tertiary/aromatic N) is 1. The first kappa shape index (κ1) is 9.93. The van der Waals surface area contributed by atoms with Gasteiger partial charge in [0.25, 0.3) is 0 Å². The van der Waals surface area contributed by atoms with Crippen molar-refractivity contribution in [1.82, 2.24) is 4.90 Å². The fourth-order valence-electron chi connectivity index (χ4n) is 2.98. The highest BCUT2D eigenvalue weighted by molar-refractivity contribution is 5.82. The van der Waals surface area contributed by atoms with E-state index in [2.05, 4.69) is 4.90 Å². The SMILES string of the molecule is CC(C(=N)N)N1C2CCC1CC(O)C2. The summed E-state index contributed by atoms with van der Waals surface area (Å²) in [5.41, 5.74) is 5.53. The second-order valence-corrected chi connectivity index (χ2v) is 4.59. The largest absolute Gasteiger partial charge is 0.393 e. The van der Waals surface area contributed by atoms with E-state index in [4.69, 9.17) is 11.1 Å². The molecule has 0 saturated carbocycles. The molecule has 0 radical (unpaired) electrons. The molecule has 2 bridgehead atoms. The molecule has 4 nitrogen and oxygen atoms in total. The molecule has 2 heterocycles. The third kappa shape index (κ3) is 1.53. The van der Waals surface area contributed by atoms with E-state index >= 15 is 0 Å². The predicted molar refractivity (Wildman–Crippen MR) is 55.3 cm³/mol. The van der Waals surface area contributed by atoms with Gasteiger partial charge < -0.3 is 10.8 Å². The molecule has 3 atom stereocenters. The van der Waals surface area contributed by atoms with E-state index in [9.17, 15) is 5.11 Å². The van der Waals surface area contributed by atoms with Crippen molar-refractivity contribution in [3.63, 3.8) is 0 Å². The van der Waals surface area contributed by atoms with Crippen LogP contribution < -0.4 is 5.73 Å². The summed E-state index contributed by atoms with van der Waals surface area (Å²) >= 11 is 0. The molecule has 14 heavy (non-hydrogen) atoms. The number of piperidine rings is 1. The van der Waals surface area contributed by atoms with Crippen molar-refractivity contribution in [2.75, 3.05) is 0 Å². The number of aliphatic hydroxyl groups is 1. The lowest BCUT2D eigenvalue weighted by molar-refractivity contribution is 0.0278. The highest BCUT2D eigenvalue weighted by atomic mass is 16.3. The van der Waals surface area contributed by atoms with Crippen molar-refractivity contribution in [3.8, 4) is 0 Å². The molecule has 2 saturated heterocycles. The Labute approximate surface area is 84.6 Å². The molecule has 4 N–H and O–H groups in total. The fourth-order valence-corrected chi connectivity index (χ4v) is 2.98. The molecule has 0 aromatic carbocycles. The fraction of sp³-hybridized carbons (Fsp3) is 0.900. The van der Waals surface area contributed by atoms with Gasteiger partial charge >= 0.3 is 0 Å². The molecule has 4 heteroatoms. The maximum atomic E-state index is 9.62. The van der Waals surface area contributed by atoms with E-state index in [1.807, 2.05) is 6.92 Å². The average Bonchev–Trinajstić information content (AvgIpc) is 2.37. The summed E-state index contributed by atoms with van der Waals surface area (Å²) in [7, 11) is 0. The van der Waals surface area contributed by atoms with Crippen molar-refractivity contribution in [2.24, 2.45) is 5.73 Å². The Morgan fingerprint density at radius 2 is 1.93 bits per heavy atom. The molecule has 0 amide bonds. The zero-order valence-electron chi connectivity index (χ0n) is 8.61. The number of rotatable bonds is 2. The Bertz CT molecular complexity index is 230. The van der Waals surface area contributed by atoms with Gasteiger partial charge in [0, 0.05) is 12.1 Å². The van der Waals surface area contributed by atoms with Gasteiger partial charge in [-0.1, -0.05) is 0 Å². The Kier molecular flexibility index (Phi) is 2.49. The van der Waals surface area contributed by atoms with Gasteiger partial charge in [-0.15, -0.1) is 0 Å². The molecule has 2 aliphatic heterocycles. The summed E-state index contributed by atoms with van der Waals surface area (Å²) in [6.45, 7) is 1.99. The van der Waals surface area contributed by atoms with Crippen LogP contribution in [0.2, 0.25) is 0 Å². The first-order valence-corrected chi connectivity index (χ1v) is 5.39. The van der Waals surface area contributed by atoms with Crippen molar-refractivity contribution >= 4 is 5.84 Å². The average molecular weight is 197 g/mol. The van der Waals surface area contributed by atoms with Crippen molar-refractivity contribution in [2.45, 2.75) is 56.8 Å². The second-order valence-electron chi connectivity index (χ2n) is 4.59. The van der Waals surface area contributed by atoms with Crippen molar-refractivity contribution < 1.29 is 5.11 Å². The molecule has 0 aliphatic carbocycles. The Morgan fingerprint density at radius 3 is 2.36 bits per heavy atom. The van der Waals surface area contributed by atoms with Gasteiger partial charge in [0.1, 0.15) is 5.84 Å². The zero-order chi connectivity index (χ0) is 10.3. The maximum Gasteiger partial charge on any atom is 0.108 e. The number of nitrogens with two attached hydrogens (primary N) is 1. The van der Waals surface area contributed by atoms with Gasteiger partial charge in [-0.2, -0.15) is 0 Å². The lowest BCUT2D eigenvalue weighted by Gasteiger charge is -2.40. The van der Waals surface area contributed by atoms with Crippen LogP contribution in [-0.2, 0) is 0 Å². The molecule has 3 unspecified atom stereocenters. The quantitative estimate of drug-likeness (QED) is 0.440. The van der Waals surface area contributed by atoms with Gasteiger partial charge in [0.2, 0.25) is 0 Å². The van der Waals surface area contributed by atoms with Crippen LogP contribution in [0.5, 0.6) is 0 Å². The molecule has 2 aliphatic rings. The molecule has 0 aromatic rings. The van der Waals surface area contributed by atoms with E-state index in [1.54, 1.807) is 0 Å². The minimum absolute atomic E-state index is 0.0417. The summed E-state index contributed by atoms with van der Waals surface area (Å²) < 4.78 is 0. The summed E-state index contributed by atoms with van der Waals surface area (Å²) in [5.74, 6) is 0.248. The molecule has 0 aromatic heterocycles. The maximum absolute atomic E-state index is 9.62. The van der Waals surface area contributed by atoms with Gasteiger partial charge in [-0.3, -0.25) is 10.3 Å². The third-order valence-electron chi connectivity index (χ3n) is 3.66. The summed E-state index contributed by atoms with van der Waals surface area (Å²) in [5, 5.41) is 17.1. The van der Waals surface area contributed by atoms with Gasteiger partial charge in [-0.05, 0) is 32.6 Å². The van der Waals surface area contributed by atoms with Crippen molar-refractivity contribution in [3.05, 3.63) is 0 Å². The third-order valence-corrected chi connectivity index (χ3v) is 3.66. The normalized spacial score (nSPS) is 39.7. The molecule has 0 spiro atoms. The van der Waals surface area contributed by atoms with Crippen LogP contribution in [0.4, 0.5) is 0 Å². The lowest BCUT2D eigenvalue weighted by Crippen LogP contribution is -2.53. The molecular formula is C10H19N3O. The summed E-state index contributed by atoms with van der Waals surface area (Å²) in [6.07, 6.45) is 3.88. The van der Waals surface area contributed by atoms with Crippen molar-refractivity contribution in [1.29, 1.82) is 5.41 Å². The van der Waals surface area contributed by atoms with Gasteiger partial charge in [0.05, 0.1) is 12.1 Å². The Morgan fingerprint density at radius 1 is 1.43 bits per heavy atom. The number of hydrogen-bond donors (Lipinski definition) is 3. The highest BCUT2D eigenvalue weighted by Crippen LogP contribution is 2.36.